The molecular formula is C16H27NO3S. The van der Waals surface area contributed by atoms with Gasteiger partial charge in [0.2, 0.25) is 10.0 Å². The molecule has 0 heterocycles. The topological polar surface area (TPSA) is 66.4 Å². The van der Waals surface area contributed by atoms with Gasteiger partial charge in [0.05, 0.1) is 16.9 Å². The van der Waals surface area contributed by atoms with Crippen molar-refractivity contribution in [1.82, 2.24) is 4.72 Å². The van der Waals surface area contributed by atoms with Gasteiger partial charge < -0.3 is 5.11 Å². The zero-order valence-corrected chi connectivity index (χ0v) is 14.2. The number of sulfonamides is 1. The highest BCUT2D eigenvalue weighted by Gasteiger charge is 2.34. The van der Waals surface area contributed by atoms with Gasteiger partial charge >= 0.3 is 0 Å². The first kappa shape index (κ1) is 18.1. The lowest BCUT2D eigenvalue weighted by atomic mass is 9.98. The zero-order valence-electron chi connectivity index (χ0n) is 13.3. The SMILES string of the molecule is CCCC[C@@H](O)[C@H](NS(=O)(=O)C(C)(C)C)c1ccccc1. The Morgan fingerprint density at radius 3 is 2.24 bits per heavy atom. The molecule has 0 fully saturated rings. The Balaban J connectivity index is 3.04. The van der Waals surface area contributed by atoms with E-state index in [1.807, 2.05) is 37.3 Å². The van der Waals surface area contributed by atoms with Crippen LogP contribution in [0.1, 0.15) is 58.6 Å². The smallest absolute Gasteiger partial charge is 0.217 e. The molecule has 0 aliphatic heterocycles. The van der Waals surface area contributed by atoms with E-state index in [-0.39, 0.29) is 0 Å². The van der Waals surface area contributed by atoms with Gasteiger partial charge in [0.25, 0.3) is 0 Å². The third kappa shape index (κ3) is 5.09. The van der Waals surface area contributed by atoms with E-state index in [2.05, 4.69) is 4.72 Å². The molecule has 21 heavy (non-hydrogen) atoms. The summed E-state index contributed by atoms with van der Waals surface area (Å²) in [7, 11) is -3.53. The molecule has 2 N–H and O–H groups in total. The lowest BCUT2D eigenvalue weighted by Gasteiger charge is -2.28. The number of hydrogen-bond acceptors (Lipinski definition) is 3. The van der Waals surface area contributed by atoms with Crippen LogP contribution in [-0.2, 0) is 10.0 Å². The van der Waals surface area contributed by atoms with Crippen LogP contribution in [0.3, 0.4) is 0 Å². The summed E-state index contributed by atoms with van der Waals surface area (Å²) in [5.74, 6) is 0. The molecular weight excluding hydrogens is 286 g/mol. The summed E-state index contributed by atoms with van der Waals surface area (Å²) in [6.45, 7) is 6.99. The minimum absolute atomic E-state index is 0.572. The molecule has 0 radical (unpaired) electrons. The van der Waals surface area contributed by atoms with Gasteiger partial charge in [-0.15, -0.1) is 0 Å². The summed E-state index contributed by atoms with van der Waals surface area (Å²) in [5.41, 5.74) is 0.786. The lowest BCUT2D eigenvalue weighted by Crippen LogP contribution is -2.44. The zero-order chi connectivity index (χ0) is 16.1. The highest BCUT2D eigenvalue weighted by atomic mass is 32.2. The molecule has 0 amide bonds. The van der Waals surface area contributed by atoms with Crippen LogP contribution in [-0.4, -0.2) is 24.4 Å². The molecule has 120 valence electrons. The maximum Gasteiger partial charge on any atom is 0.217 e. The second-order valence-corrected chi connectivity index (χ2v) is 8.80. The molecule has 1 aromatic carbocycles. The fraction of sp³-hybridized carbons (Fsp3) is 0.625. The van der Waals surface area contributed by atoms with E-state index < -0.39 is 26.9 Å². The van der Waals surface area contributed by atoms with Crippen molar-refractivity contribution in [2.24, 2.45) is 0 Å². The predicted molar refractivity (Wildman–Crippen MR) is 86.5 cm³/mol. The number of aliphatic hydroxyl groups excluding tert-OH is 1. The van der Waals surface area contributed by atoms with E-state index >= 15 is 0 Å². The first-order valence-corrected chi connectivity index (χ1v) is 8.92. The van der Waals surface area contributed by atoms with E-state index in [0.29, 0.717) is 6.42 Å². The molecule has 0 aromatic heterocycles. The number of benzene rings is 1. The fourth-order valence-corrected chi connectivity index (χ4v) is 2.93. The van der Waals surface area contributed by atoms with Crippen molar-refractivity contribution >= 4 is 10.0 Å². The van der Waals surface area contributed by atoms with Crippen LogP contribution < -0.4 is 4.72 Å². The van der Waals surface area contributed by atoms with Crippen LogP contribution in [0.25, 0.3) is 0 Å². The Bertz CT molecular complexity index is 520. The summed E-state index contributed by atoms with van der Waals surface area (Å²) in [6.07, 6.45) is 1.67. The second kappa shape index (κ2) is 7.38. The molecule has 0 saturated heterocycles. The average Bonchev–Trinajstić information content (AvgIpc) is 2.42. The Morgan fingerprint density at radius 1 is 1.19 bits per heavy atom. The van der Waals surface area contributed by atoms with Crippen molar-refractivity contribution in [3.05, 3.63) is 35.9 Å². The summed E-state index contributed by atoms with van der Waals surface area (Å²) in [4.78, 5) is 0. The largest absolute Gasteiger partial charge is 0.391 e. The Hall–Kier alpha value is -0.910. The molecule has 0 unspecified atom stereocenters. The summed E-state index contributed by atoms with van der Waals surface area (Å²) >= 11 is 0. The molecule has 1 rings (SSSR count). The molecule has 2 atom stereocenters. The van der Waals surface area contributed by atoms with Crippen LogP contribution in [0, 0.1) is 0 Å². The highest BCUT2D eigenvalue weighted by Crippen LogP contribution is 2.24. The molecule has 0 aliphatic carbocycles. The minimum Gasteiger partial charge on any atom is -0.391 e. The van der Waals surface area contributed by atoms with Crippen molar-refractivity contribution in [2.75, 3.05) is 0 Å². The normalized spacial score (nSPS) is 15.7. The van der Waals surface area contributed by atoms with Crippen LogP contribution in [0.4, 0.5) is 0 Å². The highest BCUT2D eigenvalue weighted by molar-refractivity contribution is 7.90. The van der Waals surface area contributed by atoms with Crippen LogP contribution in [0.2, 0.25) is 0 Å². The fourth-order valence-electron chi connectivity index (χ4n) is 1.95. The van der Waals surface area contributed by atoms with Crippen molar-refractivity contribution in [2.45, 2.75) is 63.9 Å². The van der Waals surface area contributed by atoms with Crippen molar-refractivity contribution in [3.63, 3.8) is 0 Å². The number of hydrogen-bond donors (Lipinski definition) is 2. The molecule has 0 bridgehead atoms. The summed E-state index contributed by atoms with van der Waals surface area (Å²) in [5, 5.41) is 10.4. The summed E-state index contributed by atoms with van der Waals surface area (Å²) in [6, 6.07) is 8.63. The monoisotopic (exact) mass is 313 g/mol. The molecule has 5 heteroatoms. The number of rotatable bonds is 7. The molecule has 0 saturated carbocycles. The van der Waals surface area contributed by atoms with Gasteiger partial charge in [-0.25, -0.2) is 13.1 Å². The lowest BCUT2D eigenvalue weighted by molar-refractivity contribution is 0.125. The van der Waals surface area contributed by atoms with Crippen LogP contribution in [0.15, 0.2) is 30.3 Å². The quantitative estimate of drug-likeness (QED) is 0.813. The molecule has 1 aromatic rings. The second-order valence-electron chi connectivity index (χ2n) is 6.33. The first-order valence-electron chi connectivity index (χ1n) is 7.44. The minimum atomic E-state index is -3.53. The maximum atomic E-state index is 12.4. The standard InChI is InChI=1S/C16H27NO3S/c1-5-6-12-14(18)15(13-10-8-7-9-11-13)17-21(19,20)16(2,3)4/h7-11,14-15,17-18H,5-6,12H2,1-4H3/t14-,15-/m1/s1. The van der Waals surface area contributed by atoms with E-state index in [0.717, 1.165) is 18.4 Å². The van der Waals surface area contributed by atoms with Crippen molar-refractivity contribution in [3.8, 4) is 0 Å². The van der Waals surface area contributed by atoms with E-state index in [1.165, 1.54) is 0 Å². The number of aliphatic hydroxyl groups is 1. The summed E-state index contributed by atoms with van der Waals surface area (Å²) < 4.78 is 26.6. The van der Waals surface area contributed by atoms with E-state index in [1.54, 1.807) is 20.8 Å². The Morgan fingerprint density at radius 2 is 1.76 bits per heavy atom. The predicted octanol–water partition coefficient (Wildman–Crippen LogP) is 3.00. The third-order valence-electron chi connectivity index (χ3n) is 3.49. The van der Waals surface area contributed by atoms with E-state index in [4.69, 9.17) is 0 Å². The third-order valence-corrected chi connectivity index (χ3v) is 5.66. The number of unbranched alkanes of at least 4 members (excludes halogenated alkanes) is 1. The van der Waals surface area contributed by atoms with E-state index in [9.17, 15) is 13.5 Å². The van der Waals surface area contributed by atoms with Gasteiger partial charge in [-0.05, 0) is 32.8 Å². The van der Waals surface area contributed by atoms with Gasteiger partial charge in [-0.3, -0.25) is 0 Å². The Labute approximate surface area is 128 Å². The van der Waals surface area contributed by atoms with Crippen LogP contribution in [0.5, 0.6) is 0 Å². The van der Waals surface area contributed by atoms with Gasteiger partial charge in [0.15, 0.2) is 0 Å². The van der Waals surface area contributed by atoms with Crippen molar-refractivity contribution in [1.29, 1.82) is 0 Å². The van der Waals surface area contributed by atoms with Gasteiger partial charge in [-0.2, -0.15) is 0 Å². The average molecular weight is 313 g/mol. The molecule has 0 spiro atoms. The van der Waals surface area contributed by atoms with Crippen molar-refractivity contribution < 1.29 is 13.5 Å². The molecule has 4 nitrogen and oxygen atoms in total. The maximum absolute atomic E-state index is 12.4. The van der Waals surface area contributed by atoms with Crippen LogP contribution >= 0.6 is 0 Å². The number of nitrogens with one attached hydrogen (secondary N) is 1. The first-order chi connectivity index (χ1) is 9.69. The molecule has 0 aliphatic rings. The van der Waals surface area contributed by atoms with Gasteiger partial charge in [0, 0.05) is 0 Å². The van der Waals surface area contributed by atoms with Gasteiger partial charge in [-0.1, -0.05) is 50.1 Å². The van der Waals surface area contributed by atoms with Gasteiger partial charge in [0.1, 0.15) is 0 Å². The Kier molecular flexibility index (Phi) is 6.38.